The van der Waals surface area contributed by atoms with Crippen LogP contribution in [0.4, 0.5) is 0 Å². The van der Waals surface area contributed by atoms with Gasteiger partial charge in [-0.3, -0.25) is 4.98 Å². The van der Waals surface area contributed by atoms with Gasteiger partial charge in [0.1, 0.15) is 5.75 Å². The van der Waals surface area contributed by atoms with Crippen LogP contribution < -0.4 is 4.74 Å². The number of terminal acetylenes is 1. The molecule has 0 aliphatic heterocycles. The van der Waals surface area contributed by atoms with Gasteiger partial charge < -0.3 is 4.74 Å². The van der Waals surface area contributed by atoms with E-state index in [0.717, 1.165) is 22.4 Å². The molecule has 0 spiro atoms. The molecule has 0 saturated heterocycles. The Morgan fingerprint density at radius 3 is 2.82 bits per heavy atom. The number of benzene rings is 1. The van der Waals surface area contributed by atoms with E-state index in [1.165, 1.54) is 0 Å². The molecule has 2 heteroatoms. The maximum absolute atomic E-state index is 5.64. The zero-order valence-electron chi connectivity index (χ0n) is 9.68. The van der Waals surface area contributed by atoms with Crippen LogP contribution in [0.1, 0.15) is 12.5 Å². The highest BCUT2D eigenvalue weighted by molar-refractivity contribution is 5.73. The lowest BCUT2D eigenvalue weighted by atomic mass is 10.0. The number of aromatic nitrogens is 1. The molecule has 1 aromatic heterocycles. The van der Waals surface area contributed by atoms with Crippen molar-refractivity contribution in [1.29, 1.82) is 0 Å². The molecule has 1 aromatic carbocycles. The Kier molecular flexibility index (Phi) is 3.42. The second kappa shape index (κ2) is 5.18. The molecule has 0 aliphatic carbocycles. The average molecular weight is 223 g/mol. The second-order valence-corrected chi connectivity index (χ2v) is 3.50. The molecule has 84 valence electrons. The minimum atomic E-state index is 0.589. The van der Waals surface area contributed by atoms with E-state index in [4.69, 9.17) is 11.2 Å². The summed E-state index contributed by atoms with van der Waals surface area (Å²) < 4.78 is 5.64. The molecule has 17 heavy (non-hydrogen) atoms. The molecule has 1 heterocycles. The quantitative estimate of drug-likeness (QED) is 0.746. The fraction of sp³-hybridized carbons (Fsp3) is 0.133. The van der Waals surface area contributed by atoms with E-state index < -0.39 is 0 Å². The Hall–Kier alpha value is -2.27. The molecule has 2 rings (SSSR count). The van der Waals surface area contributed by atoms with Crippen LogP contribution in [0.15, 0.2) is 42.7 Å². The summed E-state index contributed by atoms with van der Waals surface area (Å²) in [5, 5.41) is 0. The molecule has 2 nitrogen and oxygen atoms in total. The van der Waals surface area contributed by atoms with E-state index in [2.05, 4.69) is 10.9 Å². The number of nitrogens with zero attached hydrogens (tertiary/aromatic N) is 1. The van der Waals surface area contributed by atoms with E-state index in [1.807, 2.05) is 37.3 Å². The van der Waals surface area contributed by atoms with Crippen molar-refractivity contribution in [2.45, 2.75) is 6.92 Å². The summed E-state index contributed by atoms with van der Waals surface area (Å²) in [6, 6.07) is 9.69. The minimum Gasteiger partial charge on any atom is -0.492 e. The second-order valence-electron chi connectivity index (χ2n) is 3.50. The summed E-state index contributed by atoms with van der Waals surface area (Å²) >= 11 is 0. The molecule has 0 saturated carbocycles. The third-order valence-corrected chi connectivity index (χ3v) is 2.43. The summed E-state index contributed by atoms with van der Waals surface area (Å²) in [7, 11) is 0. The number of rotatable bonds is 3. The molecular weight excluding hydrogens is 210 g/mol. The van der Waals surface area contributed by atoms with Crippen LogP contribution >= 0.6 is 0 Å². The summed E-state index contributed by atoms with van der Waals surface area (Å²) in [5.41, 5.74) is 2.76. The van der Waals surface area contributed by atoms with Gasteiger partial charge in [-0.05, 0) is 19.1 Å². The highest BCUT2D eigenvalue weighted by Crippen LogP contribution is 2.32. The van der Waals surface area contributed by atoms with Gasteiger partial charge in [0.15, 0.2) is 0 Å². The number of pyridine rings is 1. The van der Waals surface area contributed by atoms with Gasteiger partial charge in [-0.1, -0.05) is 24.1 Å². The third-order valence-electron chi connectivity index (χ3n) is 2.43. The van der Waals surface area contributed by atoms with Crippen LogP contribution in [0, 0.1) is 12.3 Å². The van der Waals surface area contributed by atoms with Gasteiger partial charge in [-0.2, -0.15) is 0 Å². The largest absolute Gasteiger partial charge is 0.492 e. The molecule has 0 fully saturated rings. The fourth-order valence-electron chi connectivity index (χ4n) is 1.70. The summed E-state index contributed by atoms with van der Waals surface area (Å²) in [4.78, 5) is 4.11. The summed E-state index contributed by atoms with van der Waals surface area (Å²) in [5.74, 6) is 3.40. The van der Waals surface area contributed by atoms with Gasteiger partial charge in [0.05, 0.1) is 12.2 Å². The van der Waals surface area contributed by atoms with Crippen LogP contribution in [0.5, 0.6) is 5.75 Å². The first-order chi connectivity index (χ1) is 8.36. The van der Waals surface area contributed by atoms with Gasteiger partial charge in [-0.25, -0.2) is 0 Å². The zero-order chi connectivity index (χ0) is 12.1. The maximum Gasteiger partial charge on any atom is 0.142 e. The predicted molar refractivity (Wildman–Crippen MR) is 68.8 cm³/mol. The van der Waals surface area contributed by atoms with Crippen molar-refractivity contribution in [1.82, 2.24) is 4.98 Å². The molecule has 2 aromatic rings. The van der Waals surface area contributed by atoms with Crippen molar-refractivity contribution in [3.05, 3.63) is 48.3 Å². The third kappa shape index (κ3) is 2.29. The molecule has 0 bridgehead atoms. The molecule has 0 amide bonds. The van der Waals surface area contributed by atoms with Crippen LogP contribution in [-0.4, -0.2) is 11.6 Å². The number of hydrogen-bond acceptors (Lipinski definition) is 2. The van der Waals surface area contributed by atoms with Crippen molar-refractivity contribution >= 4 is 0 Å². The minimum absolute atomic E-state index is 0.589. The normalized spacial score (nSPS) is 9.65. The van der Waals surface area contributed by atoms with Gasteiger partial charge in [0.2, 0.25) is 0 Å². The smallest absolute Gasteiger partial charge is 0.142 e. The SMILES string of the molecule is C#Cc1cccc(-c2cccnc2)c1OCC. The van der Waals surface area contributed by atoms with Gasteiger partial charge in [-0.15, -0.1) is 6.42 Å². The van der Waals surface area contributed by atoms with Crippen LogP contribution in [-0.2, 0) is 0 Å². The number of para-hydroxylation sites is 1. The van der Waals surface area contributed by atoms with E-state index in [9.17, 15) is 0 Å². The van der Waals surface area contributed by atoms with Crippen molar-refractivity contribution in [3.8, 4) is 29.2 Å². The van der Waals surface area contributed by atoms with Gasteiger partial charge in [0, 0.05) is 23.5 Å². The lowest BCUT2D eigenvalue weighted by Gasteiger charge is -2.12. The first-order valence-electron chi connectivity index (χ1n) is 5.49. The molecular formula is C15H13NO. The molecule has 0 aliphatic rings. The number of hydrogen-bond donors (Lipinski definition) is 0. The van der Waals surface area contributed by atoms with Crippen molar-refractivity contribution < 1.29 is 4.74 Å². The Morgan fingerprint density at radius 2 is 2.18 bits per heavy atom. The highest BCUT2D eigenvalue weighted by Gasteiger charge is 2.09. The first-order valence-corrected chi connectivity index (χ1v) is 5.49. The fourth-order valence-corrected chi connectivity index (χ4v) is 1.70. The summed E-state index contributed by atoms with van der Waals surface area (Å²) in [6.45, 7) is 2.53. The Morgan fingerprint density at radius 1 is 1.29 bits per heavy atom. The van der Waals surface area contributed by atoms with E-state index in [0.29, 0.717) is 6.61 Å². The average Bonchev–Trinajstić information content (AvgIpc) is 2.40. The lowest BCUT2D eigenvalue weighted by molar-refractivity contribution is 0.340. The predicted octanol–water partition coefficient (Wildman–Crippen LogP) is 3.13. The summed E-state index contributed by atoms with van der Waals surface area (Å²) in [6.07, 6.45) is 9.03. The van der Waals surface area contributed by atoms with E-state index >= 15 is 0 Å². The Labute approximate surface area is 101 Å². The topological polar surface area (TPSA) is 22.1 Å². The maximum atomic E-state index is 5.64. The Bertz CT molecular complexity index is 541. The van der Waals surface area contributed by atoms with Crippen LogP contribution in [0.3, 0.4) is 0 Å². The lowest BCUT2D eigenvalue weighted by Crippen LogP contribution is -1.97. The highest BCUT2D eigenvalue weighted by atomic mass is 16.5. The molecule has 0 N–H and O–H groups in total. The number of ether oxygens (including phenoxy) is 1. The Balaban J connectivity index is 2.58. The van der Waals surface area contributed by atoms with E-state index in [-0.39, 0.29) is 0 Å². The van der Waals surface area contributed by atoms with E-state index in [1.54, 1.807) is 12.4 Å². The molecule has 0 unspecified atom stereocenters. The van der Waals surface area contributed by atoms with Gasteiger partial charge in [0.25, 0.3) is 0 Å². The zero-order valence-corrected chi connectivity index (χ0v) is 9.68. The molecule has 0 atom stereocenters. The van der Waals surface area contributed by atoms with Crippen LogP contribution in [0.25, 0.3) is 11.1 Å². The molecule has 0 radical (unpaired) electrons. The monoisotopic (exact) mass is 223 g/mol. The first kappa shape index (κ1) is 11.2. The van der Waals surface area contributed by atoms with Gasteiger partial charge >= 0.3 is 0 Å². The van der Waals surface area contributed by atoms with Crippen molar-refractivity contribution in [2.24, 2.45) is 0 Å². The van der Waals surface area contributed by atoms with Crippen LogP contribution in [0.2, 0.25) is 0 Å². The van der Waals surface area contributed by atoms with Crippen molar-refractivity contribution in [3.63, 3.8) is 0 Å². The van der Waals surface area contributed by atoms with Crippen molar-refractivity contribution in [2.75, 3.05) is 6.61 Å². The standard InChI is InChI=1S/C15H13NO/c1-3-12-7-5-9-14(15(12)17-4-2)13-8-6-10-16-11-13/h1,5-11H,4H2,2H3.